The summed E-state index contributed by atoms with van der Waals surface area (Å²) >= 11 is 0. The highest BCUT2D eigenvalue weighted by molar-refractivity contribution is 4.88. The molecule has 0 amide bonds. The molecule has 0 aliphatic carbocycles. The summed E-state index contributed by atoms with van der Waals surface area (Å²) in [5.41, 5.74) is 0. The maximum absolute atomic E-state index is 5.09. The lowest BCUT2D eigenvalue weighted by atomic mass is 10.4. The number of ether oxygens (including phenoxy) is 1. The summed E-state index contributed by atoms with van der Waals surface area (Å²) in [6.45, 7) is 8.41. The van der Waals surface area contributed by atoms with Crippen molar-refractivity contribution in [1.82, 2.24) is 0 Å². The van der Waals surface area contributed by atoms with Crippen LogP contribution in [0.4, 0.5) is 0 Å². The third kappa shape index (κ3) is 7.18. The van der Waals surface area contributed by atoms with Gasteiger partial charge >= 0.3 is 0 Å². The Morgan fingerprint density at radius 2 is 1.80 bits per heavy atom. The van der Waals surface area contributed by atoms with E-state index in [1.807, 2.05) is 18.2 Å². The Kier molecular flexibility index (Phi) is 7.51. The van der Waals surface area contributed by atoms with Gasteiger partial charge in [0.15, 0.2) is 0 Å². The Bertz CT molecular complexity index is 114. The molecule has 1 heteroatoms. The van der Waals surface area contributed by atoms with Gasteiger partial charge < -0.3 is 4.74 Å². The quantitative estimate of drug-likeness (QED) is 0.404. The molecule has 0 unspecified atom stereocenters. The highest BCUT2D eigenvalue weighted by atomic mass is 16.5. The van der Waals surface area contributed by atoms with Gasteiger partial charge in [-0.3, -0.25) is 0 Å². The number of rotatable bonds is 6. The van der Waals surface area contributed by atoms with Crippen LogP contribution in [0.15, 0.2) is 37.5 Å². The van der Waals surface area contributed by atoms with Crippen LogP contribution >= 0.6 is 0 Å². The second-order valence-electron chi connectivity index (χ2n) is 1.82. The first-order valence-corrected chi connectivity index (χ1v) is 3.36. The number of hydrogen-bond acceptors (Lipinski definition) is 1. The van der Waals surface area contributed by atoms with Gasteiger partial charge in [-0.05, 0) is 6.42 Å². The predicted octanol–water partition coefficient (Wildman–Crippen LogP) is 2.32. The van der Waals surface area contributed by atoms with Crippen LogP contribution in [0.2, 0.25) is 0 Å². The van der Waals surface area contributed by atoms with Gasteiger partial charge in [-0.1, -0.05) is 24.3 Å². The molecule has 0 aliphatic rings. The highest BCUT2D eigenvalue weighted by Crippen LogP contribution is 1.83. The van der Waals surface area contributed by atoms with Crippen molar-refractivity contribution in [2.24, 2.45) is 0 Å². The van der Waals surface area contributed by atoms with Crippen molar-refractivity contribution in [3.05, 3.63) is 37.5 Å². The van der Waals surface area contributed by atoms with Crippen LogP contribution in [0, 0.1) is 0 Å². The second-order valence-corrected chi connectivity index (χ2v) is 1.82. The summed E-state index contributed by atoms with van der Waals surface area (Å²) in [5.74, 6) is 0. The lowest BCUT2D eigenvalue weighted by molar-refractivity contribution is 0.194. The van der Waals surface area contributed by atoms with E-state index in [2.05, 4.69) is 13.2 Å². The summed E-state index contributed by atoms with van der Waals surface area (Å²) in [6.07, 6.45) is 8.50. The average Bonchev–Trinajstić information content (AvgIpc) is 1.97. The van der Waals surface area contributed by atoms with Crippen LogP contribution in [-0.4, -0.2) is 13.2 Å². The van der Waals surface area contributed by atoms with Gasteiger partial charge in [0.2, 0.25) is 0 Å². The van der Waals surface area contributed by atoms with E-state index in [1.54, 1.807) is 6.08 Å². The Morgan fingerprint density at radius 3 is 2.40 bits per heavy atom. The van der Waals surface area contributed by atoms with E-state index in [1.165, 1.54) is 0 Å². The Balaban J connectivity index is 3.01. The molecule has 0 aromatic carbocycles. The largest absolute Gasteiger partial charge is 0.373 e. The Morgan fingerprint density at radius 1 is 1.00 bits per heavy atom. The molecule has 0 aliphatic heterocycles. The summed E-state index contributed by atoms with van der Waals surface area (Å²) in [7, 11) is 0. The van der Waals surface area contributed by atoms with Crippen LogP contribution in [0.5, 0.6) is 0 Å². The molecule has 0 fully saturated rings. The molecule has 0 aromatic heterocycles. The van der Waals surface area contributed by atoms with Crippen molar-refractivity contribution in [3.63, 3.8) is 0 Å². The standard InChI is InChI=1S/C9H14O/c1-3-5-6-7-9-10-8-4-2/h3-4,6-7H,1-2,5,8-9H2. The van der Waals surface area contributed by atoms with E-state index in [-0.39, 0.29) is 0 Å². The molecule has 0 atom stereocenters. The first-order chi connectivity index (χ1) is 4.91. The molecule has 0 aromatic rings. The minimum Gasteiger partial charge on any atom is -0.373 e. The fourth-order valence-electron chi connectivity index (χ4n) is 0.480. The Hall–Kier alpha value is -0.820. The Labute approximate surface area is 62.7 Å². The third-order valence-corrected chi connectivity index (χ3v) is 0.919. The molecule has 1 nitrogen and oxygen atoms in total. The van der Waals surface area contributed by atoms with Gasteiger partial charge in [-0.2, -0.15) is 0 Å². The van der Waals surface area contributed by atoms with Crippen LogP contribution in [0.25, 0.3) is 0 Å². The van der Waals surface area contributed by atoms with E-state index >= 15 is 0 Å². The molecule has 0 spiro atoms. The van der Waals surface area contributed by atoms with Crippen LogP contribution in [-0.2, 0) is 4.74 Å². The number of allylic oxidation sites excluding steroid dienone is 2. The molecule has 0 heterocycles. The SMILES string of the molecule is C=CCC=CCOCC=C. The van der Waals surface area contributed by atoms with E-state index in [4.69, 9.17) is 4.74 Å². The zero-order valence-electron chi connectivity index (χ0n) is 6.25. The maximum atomic E-state index is 5.09. The molecule has 0 bridgehead atoms. The molecule has 0 saturated carbocycles. The van der Waals surface area contributed by atoms with Gasteiger partial charge in [-0.25, -0.2) is 0 Å². The fourth-order valence-corrected chi connectivity index (χ4v) is 0.480. The van der Waals surface area contributed by atoms with Gasteiger partial charge in [0.25, 0.3) is 0 Å². The zero-order chi connectivity index (χ0) is 7.66. The zero-order valence-corrected chi connectivity index (χ0v) is 6.25. The fraction of sp³-hybridized carbons (Fsp3) is 0.333. The molecular weight excluding hydrogens is 124 g/mol. The first kappa shape index (κ1) is 9.18. The van der Waals surface area contributed by atoms with Crippen molar-refractivity contribution in [2.75, 3.05) is 13.2 Å². The topological polar surface area (TPSA) is 9.23 Å². The van der Waals surface area contributed by atoms with Gasteiger partial charge in [-0.15, -0.1) is 13.2 Å². The summed E-state index contributed by atoms with van der Waals surface area (Å²) < 4.78 is 5.09. The third-order valence-electron chi connectivity index (χ3n) is 0.919. The van der Waals surface area contributed by atoms with E-state index < -0.39 is 0 Å². The van der Waals surface area contributed by atoms with Crippen molar-refractivity contribution >= 4 is 0 Å². The van der Waals surface area contributed by atoms with Crippen molar-refractivity contribution < 1.29 is 4.74 Å². The molecule has 0 radical (unpaired) electrons. The average molecular weight is 138 g/mol. The number of hydrogen-bond donors (Lipinski definition) is 0. The van der Waals surface area contributed by atoms with Gasteiger partial charge in [0, 0.05) is 0 Å². The second kappa shape index (κ2) is 8.18. The molecule has 0 rings (SSSR count). The maximum Gasteiger partial charge on any atom is 0.0651 e. The summed E-state index contributed by atoms with van der Waals surface area (Å²) in [5, 5.41) is 0. The highest BCUT2D eigenvalue weighted by Gasteiger charge is 1.74. The summed E-state index contributed by atoms with van der Waals surface area (Å²) in [6, 6.07) is 0. The van der Waals surface area contributed by atoms with Crippen molar-refractivity contribution in [3.8, 4) is 0 Å². The lowest BCUT2D eigenvalue weighted by Gasteiger charge is -1.91. The molecule has 10 heavy (non-hydrogen) atoms. The van der Waals surface area contributed by atoms with E-state index in [9.17, 15) is 0 Å². The van der Waals surface area contributed by atoms with Gasteiger partial charge in [0.05, 0.1) is 13.2 Å². The molecule has 0 saturated heterocycles. The minimum absolute atomic E-state index is 0.623. The van der Waals surface area contributed by atoms with Crippen molar-refractivity contribution in [1.29, 1.82) is 0 Å². The minimum atomic E-state index is 0.623. The normalized spacial score (nSPS) is 10.0. The van der Waals surface area contributed by atoms with Crippen molar-refractivity contribution in [2.45, 2.75) is 6.42 Å². The van der Waals surface area contributed by atoms with E-state index in [0.717, 1.165) is 6.42 Å². The van der Waals surface area contributed by atoms with E-state index in [0.29, 0.717) is 13.2 Å². The van der Waals surface area contributed by atoms with Crippen LogP contribution in [0.1, 0.15) is 6.42 Å². The monoisotopic (exact) mass is 138 g/mol. The van der Waals surface area contributed by atoms with Crippen LogP contribution < -0.4 is 0 Å². The van der Waals surface area contributed by atoms with Gasteiger partial charge in [0.1, 0.15) is 0 Å². The molecular formula is C9H14O. The molecule has 56 valence electrons. The molecule has 0 N–H and O–H groups in total. The lowest BCUT2D eigenvalue weighted by Crippen LogP contribution is -1.88. The smallest absolute Gasteiger partial charge is 0.0651 e. The summed E-state index contributed by atoms with van der Waals surface area (Å²) in [4.78, 5) is 0. The first-order valence-electron chi connectivity index (χ1n) is 3.36. The van der Waals surface area contributed by atoms with Crippen LogP contribution in [0.3, 0.4) is 0 Å². The predicted molar refractivity (Wildman–Crippen MR) is 45.0 cm³/mol.